The van der Waals surface area contributed by atoms with Gasteiger partial charge in [-0.05, 0) is 37.8 Å². The van der Waals surface area contributed by atoms with Crippen LogP contribution in [0.4, 0.5) is 0 Å². The molecule has 2 heterocycles. The lowest BCUT2D eigenvalue weighted by Gasteiger charge is -2.21. The predicted molar refractivity (Wildman–Crippen MR) is 68.1 cm³/mol. The summed E-state index contributed by atoms with van der Waals surface area (Å²) in [5.41, 5.74) is 1.58. The Bertz CT molecular complexity index is 414. The molecule has 3 heteroatoms. The number of hydrogen-bond donors (Lipinski definition) is 0. The molecule has 2 rings (SSSR count). The number of hydrogen-bond acceptors (Lipinski definition) is 2. The Labute approximate surface area is 103 Å². The molecule has 1 aliphatic rings. The van der Waals surface area contributed by atoms with E-state index in [-0.39, 0.29) is 5.91 Å². The molecule has 1 fully saturated rings. The van der Waals surface area contributed by atoms with Crippen molar-refractivity contribution >= 4 is 5.91 Å². The zero-order valence-corrected chi connectivity index (χ0v) is 10.8. The normalized spacial score (nSPS) is 20.0. The van der Waals surface area contributed by atoms with Crippen molar-refractivity contribution < 1.29 is 4.79 Å². The van der Waals surface area contributed by atoms with Crippen LogP contribution in [-0.4, -0.2) is 28.4 Å². The standard InChI is InChI=1S/C14H20N2O/c1-10(2)12-7-4-8-13(15-12)14(17)16-9-5-6-11(16)3/h4,7-8,10-11H,5-6,9H2,1-3H3. The third-order valence-corrected chi connectivity index (χ3v) is 3.40. The van der Waals surface area contributed by atoms with Gasteiger partial charge in [-0.25, -0.2) is 4.98 Å². The fourth-order valence-corrected chi connectivity index (χ4v) is 2.27. The van der Waals surface area contributed by atoms with E-state index in [0.717, 1.165) is 25.1 Å². The van der Waals surface area contributed by atoms with Crippen LogP contribution in [0.25, 0.3) is 0 Å². The van der Waals surface area contributed by atoms with Crippen LogP contribution in [0.5, 0.6) is 0 Å². The quantitative estimate of drug-likeness (QED) is 0.785. The van der Waals surface area contributed by atoms with Crippen LogP contribution in [-0.2, 0) is 0 Å². The summed E-state index contributed by atoms with van der Waals surface area (Å²) >= 11 is 0. The van der Waals surface area contributed by atoms with Gasteiger partial charge in [-0.2, -0.15) is 0 Å². The van der Waals surface area contributed by atoms with Crippen molar-refractivity contribution in [2.24, 2.45) is 0 Å². The van der Waals surface area contributed by atoms with Crippen LogP contribution in [0, 0.1) is 0 Å². The molecule has 0 bridgehead atoms. The second-order valence-corrected chi connectivity index (χ2v) is 5.09. The molecule has 0 aromatic carbocycles. The van der Waals surface area contributed by atoms with Crippen molar-refractivity contribution in [1.29, 1.82) is 0 Å². The molecule has 1 unspecified atom stereocenters. The van der Waals surface area contributed by atoms with E-state index in [1.54, 1.807) is 0 Å². The van der Waals surface area contributed by atoms with Gasteiger partial charge < -0.3 is 4.90 Å². The summed E-state index contributed by atoms with van der Waals surface area (Å²) < 4.78 is 0. The van der Waals surface area contributed by atoms with Gasteiger partial charge in [0, 0.05) is 18.3 Å². The summed E-state index contributed by atoms with van der Waals surface area (Å²) in [6, 6.07) is 6.08. The molecule has 0 radical (unpaired) electrons. The summed E-state index contributed by atoms with van der Waals surface area (Å²) in [5, 5.41) is 0. The number of carbonyl (C=O) groups is 1. The number of pyridine rings is 1. The first-order valence-electron chi connectivity index (χ1n) is 6.37. The van der Waals surface area contributed by atoms with Crippen LogP contribution in [0.1, 0.15) is 55.7 Å². The highest BCUT2D eigenvalue weighted by Gasteiger charge is 2.26. The summed E-state index contributed by atoms with van der Waals surface area (Å²) in [6.07, 6.45) is 2.21. The zero-order valence-electron chi connectivity index (χ0n) is 10.8. The minimum Gasteiger partial charge on any atom is -0.335 e. The number of likely N-dealkylation sites (tertiary alicyclic amines) is 1. The van der Waals surface area contributed by atoms with E-state index in [2.05, 4.69) is 25.8 Å². The minimum atomic E-state index is 0.0810. The van der Waals surface area contributed by atoms with E-state index >= 15 is 0 Å². The van der Waals surface area contributed by atoms with Gasteiger partial charge in [-0.15, -0.1) is 0 Å². The molecule has 1 atom stereocenters. The molecule has 17 heavy (non-hydrogen) atoms. The largest absolute Gasteiger partial charge is 0.335 e. The predicted octanol–water partition coefficient (Wildman–Crippen LogP) is 2.83. The van der Waals surface area contributed by atoms with Gasteiger partial charge in [0.05, 0.1) is 0 Å². The Morgan fingerprint density at radius 2 is 2.24 bits per heavy atom. The molecule has 1 aromatic heterocycles. The average Bonchev–Trinajstić information content (AvgIpc) is 2.74. The Balaban J connectivity index is 2.21. The summed E-state index contributed by atoms with van der Waals surface area (Å²) in [5.74, 6) is 0.441. The Kier molecular flexibility index (Phi) is 3.46. The molecule has 3 nitrogen and oxygen atoms in total. The SMILES string of the molecule is CC(C)c1cccc(C(=O)N2CCCC2C)n1. The van der Waals surface area contributed by atoms with Gasteiger partial charge in [0.25, 0.3) is 5.91 Å². The van der Waals surface area contributed by atoms with Crippen molar-refractivity contribution in [2.75, 3.05) is 6.54 Å². The van der Waals surface area contributed by atoms with Crippen molar-refractivity contribution in [1.82, 2.24) is 9.88 Å². The molecule has 92 valence electrons. The topological polar surface area (TPSA) is 33.2 Å². The Morgan fingerprint density at radius 1 is 1.47 bits per heavy atom. The monoisotopic (exact) mass is 232 g/mol. The summed E-state index contributed by atoms with van der Waals surface area (Å²) in [6.45, 7) is 7.16. The van der Waals surface area contributed by atoms with E-state index < -0.39 is 0 Å². The number of amides is 1. The zero-order chi connectivity index (χ0) is 12.4. The fraction of sp³-hybridized carbons (Fsp3) is 0.571. The highest BCUT2D eigenvalue weighted by Crippen LogP contribution is 2.19. The molecule has 1 aliphatic heterocycles. The molecule has 0 saturated carbocycles. The second kappa shape index (κ2) is 4.86. The second-order valence-electron chi connectivity index (χ2n) is 5.09. The number of carbonyl (C=O) groups excluding carboxylic acids is 1. The summed E-state index contributed by atoms with van der Waals surface area (Å²) in [4.78, 5) is 18.7. The van der Waals surface area contributed by atoms with Crippen LogP contribution >= 0.6 is 0 Å². The summed E-state index contributed by atoms with van der Waals surface area (Å²) in [7, 11) is 0. The van der Waals surface area contributed by atoms with Crippen LogP contribution < -0.4 is 0 Å². The third-order valence-electron chi connectivity index (χ3n) is 3.40. The molecular formula is C14H20N2O. The van der Waals surface area contributed by atoms with E-state index in [9.17, 15) is 4.79 Å². The molecular weight excluding hydrogens is 212 g/mol. The highest BCUT2D eigenvalue weighted by atomic mass is 16.2. The smallest absolute Gasteiger partial charge is 0.272 e. The van der Waals surface area contributed by atoms with Crippen molar-refractivity contribution in [3.63, 3.8) is 0 Å². The molecule has 0 aliphatic carbocycles. The van der Waals surface area contributed by atoms with Crippen molar-refractivity contribution in [3.05, 3.63) is 29.6 Å². The van der Waals surface area contributed by atoms with E-state index in [4.69, 9.17) is 0 Å². The van der Waals surface area contributed by atoms with Gasteiger partial charge in [0.1, 0.15) is 5.69 Å². The first-order valence-corrected chi connectivity index (χ1v) is 6.37. The van der Waals surface area contributed by atoms with Gasteiger partial charge >= 0.3 is 0 Å². The third kappa shape index (κ3) is 2.48. The lowest BCUT2D eigenvalue weighted by atomic mass is 10.1. The lowest BCUT2D eigenvalue weighted by molar-refractivity contribution is 0.0741. The average molecular weight is 232 g/mol. The van der Waals surface area contributed by atoms with Gasteiger partial charge in [0.2, 0.25) is 0 Å². The van der Waals surface area contributed by atoms with Gasteiger partial charge in [0.15, 0.2) is 0 Å². The van der Waals surface area contributed by atoms with Gasteiger partial charge in [-0.1, -0.05) is 19.9 Å². The number of nitrogens with zero attached hydrogens (tertiary/aromatic N) is 2. The van der Waals surface area contributed by atoms with Crippen LogP contribution in [0.3, 0.4) is 0 Å². The maximum atomic E-state index is 12.3. The first-order chi connectivity index (χ1) is 8.09. The molecule has 1 aromatic rings. The number of aromatic nitrogens is 1. The maximum Gasteiger partial charge on any atom is 0.272 e. The first kappa shape index (κ1) is 12.1. The Morgan fingerprint density at radius 3 is 2.82 bits per heavy atom. The maximum absolute atomic E-state index is 12.3. The van der Waals surface area contributed by atoms with E-state index in [0.29, 0.717) is 17.7 Å². The van der Waals surface area contributed by atoms with Crippen LogP contribution in [0.15, 0.2) is 18.2 Å². The van der Waals surface area contributed by atoms with Crippen LogP contribution in [0.2, 0.25) is 0 Å². The molecule has 1 amide bonds. The number of rotatable bonds is 2. The van der Waals surface area contributed by atoms with Crippen molar-refractivity contribution in [2.45, 2.75) is 45.6 Å². The highest BCUT2D eigenvalue weighted by molar-refractivity contribution is 5.92. The van der Waals surface area contributed by atoms with E-state index in [1.165, 1.54) is 0 Å². The minimum absolute atomic E-state index is 0.0810. The van der Waals surface area contributed by atoms with Gasteiger partial charge in [-0.3, -0.25) is 4.79 Å². The van der Waals surface area contributed by atoms with Crippen molar-refractivity contribution in [3.8, 4) is 0 Å². The fourth-order valence-electron chi connectivity index (χ4n) is 2.27. The molecule has 0 N–H and O–H groups in total. The Hall–Kier alpha value is -1.38. The lowest BCUT2D eigenvalue weighted by Crippen LogP contribution is -2.34. The van der Waals surface area contributed by atoms with E-state index in [1.807, 2.05) is 23.1 Å². The molecule has 0 spiro atoms. The molecule has 1 saturated heterocycles.